The van der Waals surface area contributed by atoms with E-state index >= 15 is 0 Å². The van der Waals surface area contributed by atoms with Crippen molar-refractivity contribution < 1.29 is 0 Å². The molecule has 1 rings (SSSR count). The van der Waals surface area contributed by atoms with Crippen molar-refractivity contribution in [2.45, 2.75) is 43.8 Å². The second-order valence-corrected chi connectivity index (χ2v) is 5.22. The molecule has 0 aliphatic rings. The van der Waals surface area contributed by atoms with E-state index in [4.69, 9.17) is 5.73 Å². The third-order valence-electron chi connectivity index (χ3n) is 2.22. The summed E-state index contributed by atoms with van der Waals surface area (Å²) >= 11 is 1.95. The fraction of sp³-hybridized carbons (Fsp3) is 0.500. The second kappa shape index (κ2) is 5.30. The molecule has 2 heteroatoms. The van der Waals surface area contributed by atoms with Crippen LogP contribution in [0.25, 0.3) is 0 Å². The summed E-state index contributed by atoms with van der Waals surface area (Å²) < 4.78 is 0. The molecule has 0 radical (unpaired) electrons. The first-order valence-electron chi connectivity index (χ1n) is 5.16. The Morgan fingerprint density at radius 1 is 1.43 bits per heavy atom. The summed E-state index contributed by atoms with van der Waals surface area (Å²) in [6.07, 6.45) is 2.52. The van der Waals surface area contributed by atoms with E-state index in [2.05, 4.69) is 26.8 Å². The van der Waals surface area contributed by atoms with Crippen LogP contribution in [0.3, 0.4) is 0 Å². The van der Waals surface area contributed by atoms with E-state index < -0.39 is 0 Å². The number of aryl methyl sites for hydroxylation is 1. The summed E-state index contributed by atoms with van der Waals surface area (Å²) in [6.45, 7) is 6.63. The van der Waals surface area contributed by atoms with Crippen LogP contribution in [0.1, 0.15) is 32.3 Å². The van der Waals surface area contributed by atoms with E-state index in [9.17, 15) is 0 Å². The molecule has 0 saturated heterocycles. The van der Waals surface area contributed by atoms with Gasteiger partial charge in [0.1, 0.15) is 0 Å². The van der Waals surface area contributed by atoms with Crippen molar-refractivity contribution in [2.75, 3.05) is 5.73 Å². The Balaban J connectivity index is 2.67. The van der Waals surface area contributed by atoms with Gasteiger partial charge in [0.25, 0.3) is 0 Å². The third-order valence-corrected chi connectivity index (χ3v) is 3.57. The lowest BCUT2D eigenvalue weighted by Gasteiger charge is -2.12. The number of hydrogen-bond acceptors (Lipinski definition) is 2. The summed E-state index contributed by atoms with van der Waals surface area (Å²) in [5.74, 6) is 0. The molecular weight excluding hydrogens is 190 g/mol. The summed E-state index contributed by atoms with van der Waals surface area (Å²) in [7, 11) is 0. The van der Waals surface area contributed by atoms with E-state index in [-0.39, 0.29) is 0 Å². The molecule has 0 aliphatic carbocycles. The zero-order valence-corrected chi connectivity index (χ0v) is 10.0. The molecule has 14 heavy (non-hydrogen) atoms. The van der Waals surface area contributed by atoms with E-state index in [1.54, 1.807) is 0 Å². The fourth-order valence-electron chi connectivity index (χ4n) is 1.49. The standard InChI is InChI=1S/C12H19NS/c1-4-5-10(3)14-12-7-6-11(13)8-9(12)2/h6-8,10H,4-5,13H2,1-3H3. The number of rotatable bonds is 4. The first-order chi connectivity index (χ1) is 6.63. The van der Waals surface area contributed by atoms with Crippen molar-refractivity contribution in [1.29, 1.82) is 0 Å². The van der Waals surface area contributed by atoms with Crippen molar-refractivity contribution in [3.05, 3.63) is 23.8 Å². The van der Waals surface area contributed by atoms with E-state index in [0.717, 1.165) is 5.69 Å². The van der Waals surface area contributed by atoms with Crippen LogP contribution < -0.4 is 5.73 Å². The summed E-state index contributed by atoms with van der Waals surface area (Å²) in [4.78, 5) is 1.36. The minimum Gasteiger partial charge on any atom is -0.399 e. The maximum Gasteiger partial charge on any atom is 0.0317 e. The number of hydrogen-bond donors (Lipinski definition) is 1. The van der Waals surface area contributed by atoms with Gasteiger partial charge < -0.3 is 5.73 Å². The molecule has 1 aromatic carbocycles. The van der Waals surface area contributed by atoms with E-state index in [1.807, 2.05) is 23.9 Å². The summed E-state index contributed by atoms with van der Waals surface area (Å²) in [6, 6.07) is 6.15. The topological polar surface area (TPSA) is 26.0 Å². The first-order valence-corrected chi connectivity index (χ1v) is 6.04. The van der Waals surface area contributed by atoms with Crippen LogP contribution in [0.4, 0.5) is 5.69 Å². The number of nitrogen functional groups attached to an aromatic ring is 1. The quantitative estimate of drug-likeness (QED) is 0.602. The highest BCUT2D eigenvalue weighted by atomic mass is 32.2. The normalized spacial score (nSPS) is 12.8. The number of nitrogens with two attached hydrogens (primary N) is 1. The average Bonchev–Trinajstić information content (AvgIpc) is 2.10. The molecule has 0 heterocycles. The third kappa shape index (κ3) is 3.26. The largest absolute Gasteiger partial charge is 0.399 e. The van der Waals surface area contributed by atoms with Gasteiger partial charge in [0, 0.05) is 15.8 Å². The molecule has 1 aromatic rings. The van der Waals surface area contributed by atoms with Gasteiger partial charge >= 0.3 is 0 Å². The predicted octanol–water partition coefficient (Wildman–Crippen LogP) is 3.86. The Kier molecular flexibility index (Phi) is 4.33. The van der Waals surface area contributed by atoms with Gasteiger partial charge in [-0.1, -0.05) is 20.3 Å². The summed E-state index contributed by atoms with van der Waals surface area (Å²) in [5, 5.41) is 0.697. The predicted molar refractivity (Wildman–Crippen MR) is 65.8 cm³/mol. The van der Waals surface area contributed by atoms with Crippen LogP contribution in [-0.4, -0.2) is 5.25 Å². The Hall–Kier alpha value is -0.630. The molecule has 0 aromatic heterocycles. The van der Waals surface area contributed by atoms with Gasteiger partial charge in [0.15, 0.2) is 0 Å². The minimum atomic E-state index is 0.697. The van der Waals surface area contributed by atoms with Crippen LogP contribution in [0.2, 0.25) is 0 Å². The lowest BCUT2D eigenvalue weighted by atomic mass is 10.2. The highest BCUT2D eigenvalue weighted by molar-refractivity contribution is 8.00. The zero-order valence-electron chi connectivity index (χ0n) is 9.21. The molecule has 2 N–H and O–H groups in total. The Morgan fingerprint density at radius 2 is 2.14 bits per heavy atom. The van der Waals surface area contributed by atoms with Crippen molar-refractivity contribution in [3.63, 3.8) is 0 Å². The maximum absolute atomic E-state index is 5.71. The molecule has 0 saturated carbocycles. The molecule has 1 nitrogen and oxygen atoms in total. The van der Waals surface area contributed by atoms with Gasteiger partial charge in [-0.2, -0.15) is 0 Å². The van der Waals surface area contributed by atoms with Gasteiger partial charge in [-0.15, -0.1) is 11.8 Å². The van der Waals surface area contributed by atoms with Gasteiger partial charge in [0.2, 0.25) is 0 Å². The summed E-state index contributed by atoms with van der Waals surface area (Å²) in [5.41, 5.74) is 7.85. The maximum atomic E-state index is 5.71. The average molecular weight is 209 g/mol. The van der Waals surface area contributed by atoms with Crippen molar-refractivity contribution >= 4 is 17.4 Å². The van der Waals surface area contributed by atoms with Crippen LogP contribution in [0, 0.1) is 6.92 Å². The Morgan fingerprint density at radius 3 is 2.71 bits per heavy atom. The fourth-order valence-corrected chi connectivity index (χ4v) is 2.67. The van der Waals surface area contributed by atoms with Crippen LogP contribution in [0.15, 0.2) is 23.1 Å². The highest BCUT2D eigenvalue weighted by Crippen LogP contribution is 2.29. The van der Waals surface area contributed by atoms with Crippen molar-refractivity contribution in [1.82, 2.24) is 0 Å². The number of benzene rings is 1. The highest BCUT2D eigenvalue weighted by Gasteiger charge is 2.05. The molecule has 0 aliphatic heterocycles. The van der Waals surface area contributed by atoms with Crippen LogP contribution in [0.5, 0.6) is 0 Å². The van der Waals surface area contributed by atoms with Crippen LogP contribution >= 0.6 is 11.8 Å². The molecular formula is C12H19NS. The van der Waals surface area contributed by atoms with Gasteiger partial charge in [-0.3, -0.25) is 0 Å². The number of anilines is 1. The number of thioether (sulfide) groups is 1. The molecule has 0 bridgehead atoms. The van der Waals surface area contributed by atoms with Gasteiger partial charge in [-0.25, -0.2) is 0 Å². The zero-order chi connectivity index (χ0) is 10.6. The molecule has 0 spiro atoms. The molecule has 0 amide bonds. The minimum absolute atomic E-state index is 0.697. The van der Waals surface area contributed by atoms with Gasteiger partial charge in [-0.05, 0) is 37.1 Å². The van der Waals surface area contributed by atoms with Crippen molar-refractivity contribution in [2.24, 2.45) is 0 Å². The van der Waals surface area contributed by atoms with E-state index in [1.165, 1.54) is 23.3 Å². The lowest BCUT2D eigenvalue weighted by Crippen LogP contribution is -1.96. The van der Waals surface area contributed by atoms with Crippen LogP contribution in [-0.2, 0) is 0 Å². The Bertz CT molecular complexity index is 296. The second-order valence-electron chi connectivity index (χ2n) is 3.74. The lowest BCUT2D eigenvalue weighted by molar-refractivity contribution is 0.787. The Labute approximate surface area is 91.1 Å². The molecule has 1 atom stereocenters. The van der Waals surface area contributed by atoms with E-state index in [0.29, 0.717) is 5.25 Å². The first kappa shape index (κ1) is 11.4. The smallest absolute Gasteiger partial charge is 0.0317 e. The molecule has 1 unspecified atom stereocenters. The van der Waals surface area contributed by atoms with Crippen molar-refractivity contribution in [3.8, 4) is 0 Å². The molecule has 0 fully saturated rings. The SMILES string of the molecule is CCCC(C)Sc1ccc(N)cc1C. The monoisotopic (exact) mass is 209 g/mol. The van der Waals surface area contributed by atoms with Gasteiger partial charge in [0.05, 0.1) is 0 Å². The molecule has 78 valence electrons.